The normalized spacial score (nSPS) is 12.7. The molecule has 1 amide bonds. The first kappa shape index (κ1) is 24.6. The Bertz CT molecular complexity index is 1260. The van der Waals surface area contributed by atoms with Crippen molar-refractivity contribution in [2.24, 2.45) is 5.73 Å². The van der Waals surface area contributed by atoms with E-state index in [-0.39, 0.29) is 17.7 Å². The minimum atomic E-state index is -0.467. The molecule has 5 N–H and O–H groups in total. The van der Waals surface area contributed by atoms with Gasteiger partial charge in [-0.25, -0.2) is 0 Å². The Morgan fingerprint density at radius 1 is 1.06 bits per heavy atom. The van der Waals surface area contributed by atoms with Crippen molar-refractivity contribution in [2.75, 3.05) is 6.54 Å². The van der Waals surface area contributed by atoms with Crippen molar-refractivity contribution in [3.63, 3.8) is 0 Å². The number of hydrogen-bond donors (Lipinski definition) is 4. The maximum Gasteiger partial charge on any atom is 0.261 e. The van der Waals surface area contributed by atoms with Gasteiger partial charge >= 0.3 is 0 Å². The average molecular weight is 487 g/mol. The number of nitrogens with zero attached hydrogens (tertiary/aromatic N) is 1. The molecule has 0 spiro atoms. The number of aromatic hydroxyl groups is 1. The van der Waals surface area contributed by atoms with Gasteiger partial charge in [-0.1, -0.05) is 55.5 Å². The van der Waals surface area contributed by atoms with Crippen molar-refractivity contribution in [3.05, 3.63) is 107 Å². The highest BCUT2D eigenvalue weighted by Crippen LogP contribution is 2.33. The molecule has 7 heteroatoms. The summed E-state index contributed by atoms with van der Waals surface area (Å²) in [6.07, 6.45) is 3.84. The molecule has 2 aromatic carbocycles. The summed E-state index contributed by atoms with van der Waals surface area (Å²) < 4.78 is 0. The van der Waals surface area contributed by atoms with E-state index in [2.05, 4.69) is 34.7 Å². The Balaban J connectivity index is 1.56. The summed E-state index contributed by atoms with van der Waals surface area (Å²) in [7, 11) is 0. The topological polar surface area (TPSA) is 100 Å². The number of para-hydroxylation sites is 1. The van der Waals surface area contributed by atoms with Crippen LogP contribution in [0.15, 0.2) is 85.2 Å². The van der Waals surface area contributed by atoms with Crippen molar-refractivity contribution in [2.45, 2.75) is 32.0 Å². The van der Waals surface area contributed by atoms with Crippen molar-refractivity contribution < 1.29 is 9.90 Å². The number of benzene rings is 2. The SMILES string of the molecule is CCNCc1ccccc1-c1ccc(C(=O)NC(CC(N)c2cccnc2)c2ccccc2O)s1. The lowest BCUT2D eigenvalue weighted by molar-refractivity contribution is 0.0937. The van der Waals surface area contributed by atoms with Crippen molar-refractivity contribution >= 4 is 17.2 Å². The van der Waals surface area contributed by atoms with Crippen LogP contribution in [-0.4, -0.2) is 22.5 Å². The number of aromatic nitrogens is 1. The number of phenolic OH excluding ortho intramolecular Hbond substituents is 1. The molecule has 0 bridgehead atoms. The number of pyridine rings is 1. The van der Waals surface area contributed by atoms with Crippen molar-refractivity contribution in [1.29, 1.82) is 0 Å². The molecule has 0 aliphatic carbocycles. The van der Waals surface area contributed by atoms with E-state index < -0.39 is 6.04 Å². The smallest absolute Gasteiger partial charge is 0.261 e. The van der Waals surface area contributed by atoms with Crippen LogP contribution in [0.4, 0.5) is 0 Å². The molecule has 35 heavy (non-hydrogen) atoms. The second kappa shape index (κ2) is 11.8. The number of rotatable bonds is 10. The number of phenols is 1. The van der Waals surface area contributed by atoms with Gasteiger partial charge in [0, 0.05) is 35.4 Å². The molecule has 2 aromatic heterocycles. The number of thiophene rings is 1. The highest BCUT2D eigenvalue weighted by atomic mass is 32.1. The molecule has 0 saturated carbocycles. The van der Waals surface area contributed by atoms with Crippen LogP contribution in [0.2, 0.25) is 0 Å². The predicted molar refractivity (Wildman–Crippen MR) is 141 cm³/mol. The van der Waals surface area contributed by atoms with Gasteiger partial charge in [0.1, 0.15) is 5.75 Å². The van der Waals surface area contributed by atoms with Crippen LogP contribution in [0.3, 0.4) is 0 Å². The Morgan fingerprint density at radius 2 is 1.86 bits per heavy atom. The summed E-state index contributed by atoms with van der Waals surface area (Å²) >= 11 is 1.45. The zero-order valence-corrected chi connectivity index (χ0v) is 20.5. The van der Waals surface area contributed by atoms with Crippen LogP contribution in [-0.2, 0) is 6.54 Å². The molecule has 0 aliphatic rings. The fourth-order valence-corrected chi connectivity index (χ4v) is 5.01. The van der Waals surface area contributed by atoms with Gasteiger partial charge in [0.2, 0.25) is 0 Å². The largest absolute Gasteiger partial charge is 0.508 e. The van der Waals surface area contributed by atoms with E-state index in [1.165, 1.54) is 16.9 Å². The summed E-state index contributed by atoms with van der Waals surface area (Å²) in [6, 6.07) is 22.0. The summed E-state index contributed by atoms with van der Waals surface area (Å²) in [5.74, 6) is -0.0718. The first-order valence-corrected chi connectivity index (χ1v) is 12.5. The first-order valence-electron chi connectivity index (χ1n) is 11.7. The lowest BCUT2D eigenvalue weighted by Crippen LogP contribution is -2.30. The molecule has 0 saturated heterocycles. The van der Waals surface area contributed by atoms with E-state index in [4.69, 9.17) is 5.73 Å². The van der Waals surface area contributed by atoms with E-state index >= 15 is 0 Å². The van der Waals surface area contributed by atoms with Gasteiger partial charge in [0.05, 0.1) is 10.9 Å². The van der Waals surface area contributed by atoms with Gasteiger partial charge in [-0.05, 0) is 53.9 Å². The summed E-state index contributed by atoms with van der Waals surface area (Å²) in [5, 5.41) is 17.0. The summed E-state index contributed by atoms with van der Waals surface area (Å²) in [5.41, 5.74) is 10.3. The zero-order chi connectivity index (χ0) is 24.6. The van der Waals surface area contributed by atoms with Gasteiger partial charge in [-0.2, -0.15) is 0 Å². The fourth-order valence-electron chi connectivity index (χ4n) is 4.04. The maximum absolute atomic E-state index is 13.3. The van der Waals surface area contributed by atoms with E-state index in [1.54, 1.807) is 24.5 Å². The minimum Gasteiger partial charge on any atom is -0.508 e. The molecule has 2 atom stereocenters. The maximum atomic E-state index is 13.3. The standard InChI is InChI=1S/C28H30N4O2S/c1-2-30-17-19-8-3-4-10-21(19)26-13-14-27(35-26)28(34)32-24(22-11-5-6-12-25(22)33)16-23(29)20-9-7-15-31-18-20/h3-15,18,23-24,30,33H,2,16-17,29H2,1H3,(H,32,34). The fraction of sp³-hybridized carbons (Fsp3) is 0.214. The number of nitrogens with two attached hydrogens (primary N) is 1. The van der Waals surface area contributed by atoms with Crippen LogP contribution in [0, 0.1) is 0 Å². The number of hydrogen-bond acceptors (Lipinski definition) is 6. The Hall–Kier alpha value is -3.52. The van der Waals surface area contributed by atoms with Gasteiger partial charge in [0.25, 0.3) is 5.91 Å². The highest BCUT2D eigenvalue weighted by molar-refractivity contribution is 7.17. The predicted octanol–water partition coefficient (Wildman–Crippen LogP) is 5.19. The third-order valence-corrected chi connectivity index (χ3v) is 7.02. The van der Waals surface area contributed by atoms with Crippen LogP contribution >= 0.6 is 11.3 Å². The number of carbonyl (C=O) groups excluding carboxylic acids is 1. The third kappa shape index (κ3) is 6.14. The second-order valence-electron chi connectivity index (χ2n) is 8.31. The molecular weight excluding hydrogens is 456 g/mol. The number of nitrogens with one attached hydrogen (secondary N) is 2. The summed E-state index contributed by atoms with van der Waals surface area (Å²) in [4.78, 5) is 19.1. The zero-order valence-electron chi connectivity index (χ0n) is 19.6. The molecule has 2 unspecified atom stereocenters. The van der Waals surface area contributed by atoms with Gasteiger partial charge in [-0.3, -0.25) is 9.78 Å². The number of amides is 1. The lowest BCUT2D eigenvalue weighted by atomic mass is 9.95. The van der Waals surface area contributed by atoms with Gasteiger partial charge < -0.3 is 21.5 Å². The molecule has 4 rings (SSSR count). The first-order chi connectivity index (χ1) is 17.1. The van der Waals surface area contributed by atoms with Crippen LogP contribution in [0.25, 0.3) is 10.4 Å². The minimum absolute atomic E-state index is 0.125. The van der Waals surface area contributed by atoms with E-state index in [9.17, 15) is 9.90 Å². The van der Waals surface area contributed by atoms with Crippen molar-refractivity contribution in [3.8, 4) is 16.2 Å². The van der Waals surface area contributed by atoms with Crippen LogP contribution < -0.4 is 16.4 Å². The molecule has 6 nitrogen and oxygen atoms in total. The lowest BCUT2D eigenvalue weighted by Gasteiger charge is -2.23. The van der Waals surface area contributed by atoms with E-state index in [0.717, 1.165) is 29.1 Å². The molecule has 2 heterocycles. The monoisotopic (exact) mass is 486 g/mol. The average Bonchev–Trinajstić information content (AvgIpc) is 3.38. The third-order valence-electron chi connectivity index (χ3n) is 5.90. The van der Waals surface area contributed by atoms with Crippen LogP contribution in [0.5, 0.6) is 5.75 Å². The molecular formula is C28H30N4O2S. The van der Waals surface area contributed by atoms with Gasteiger partial charge in [-0.15, -0.1) is 11.3 Å². The molecule has 0 radical (unpaired) electrons. The second-order valence-corrected chi connectivity index (χ2v) is 9.40. The molecule has 0 fully saturated rings. The Kier molecular flexibility index (Phi) is 8.26. The molecule has 180 valence electrons. The molecule has 4 aromatic rings. The van der Waals surface area contributed by atoms with Crippen molar-refractivity contribution in [1.82, 2.24) is 15.6 Å². The number of carbonyl (C=O) groups is 1. The Labute approximate surface area is 209 Å². The Morgan fingerprint density at radius 3 is 2.63 bits per heavy atom. The molecule has 0 aliphatic heterocycles. The summed E-state index contributed by atoms with van der Waals surface area (Å²) in [6.45, 7) is 3.74. The van der Waals surface area contributed by atoms with E-state index in [0.29, 0.717) is 16.9 Å². The van der Waals surface area contributed by atoms with Gasteiger partial charge in [0.15, 0.2) is 0 Å². The van der Waals surface area contributed by atoms with Crippen LogP contribution in [0.1, 0.15) is 51.8 Å². The highest BCUT2D eigenvalue weighted by Gasteiger charge is 2.23. The van der Waals surface area contributed by atoms with E-state index in [1.807, 2.05) is 48.5 Å². The quantitative estimate of drug-likeness (QED) is 0.247.